The number of hydrogen-bond donors (Lipinski definition) is 0. The van der Waals surface area contributed by atoms with Gasteiger partial charge in [0.25, 0.3) is 0 Å². The van der Waals surface area contributed by atoms with Crippen LogP contribution in [0.2, 0.25) is 0 Å². The van der Waals surface area contributed by atoms with Gasteiger partial charge in [0.2, 0.25) is 0 Å². The van der Waals surface area contributed by atoms with Crippen LogP contribution in [0.3, 0.4) is 0 Å². The highest BCUT2D eigenvalue weighted by Gasteiger charge is 2.28. The molecular formula is C14H20O3S. The third-order valence-electron chi connectivity index (χ3n) is 3.43. The predicted molar refractivity (Wildman–Crippen MR) is 71.7 cm³/mol. The van der Waals surface area contributed by atoms with Gasteiger partial charge < -0.3 is 4.74 Å². The number of rotatable bonds is 4. The van der Waals surface area contributed by atoms with Crippen LogP contribution in [0.5, 0.6) is 0 Å². The van der Waals surface area contributed by atoms with Crippen molar-refractivity contribution < 1.29 is 13.1 Å². The zero-order chi connectivity index (χ0) is 13.0. The van der Waals surface area contributed by atoms with Crippen molar-refractivity contribution in [1.82, 2.24) is 0 Å². The van der Waals surface area contributed by atoms with Crippen LogP contribution in [0.1, 0.15) is 25.3 Å². The molecule has 1 heterocycles. The van der Waals surface area contributed by atoms with E-state index in [0.29, 0.717) is 6.61 Å². The van der Waals surface area contributed by atoms with E-state index in [9.17, 15) is 4.21 Å². The quantitative estimate of drug-likeness (QED) is 0.842. The van der Waals surface area contributed by atoms with Crippen molar-refractivity contribution in [3.05, 3.63) is 29.8 Å². The van der Waals surface area contributed by atoms with Gasteiger partial charge in [-0.05, 0) is 37.3 Å². The maximum absolute atomic E-state index is 12.0. The minimum atomic E-state index is -1.36. The average Bonchev–Trinajstić information content (AvgIpc) is 2.38. The van der Waals surface area contributed by atoms with E-state index in [1.807, 2.05) is 31.2 Å². The zero-order valence-electron chi connectivity index (χ0n) is 11.0. The van der Waals surface area contributed by atoms with Gasteiger partial charge in [0.05, 0.1) is 11.5 Å². The Labute approximate surface area is 111 Å². The molecule has 1 aliphatic rings. The van der Waals surface area contributed by atoms with Gasteiger partial charge in [-0.15, -0.1) is 0 Å². The minimum absolute atomic E-state index is 0.0958. The Kier molecular flexibility index (Phi) is 4.54. The van der Waals surface area contributed by atoms with E-state index < -0.39 is 11.1 Å². The summed E-state index contributed by atoms with van der Waals surface area (Å²) in [6.07, 6.45) is 1.94. The number of hydrogen-bond acceptors (Lipinski definition) is 3. The summed E-state index contributed by atoms with van der Waals surface area (Å²) in [4.78, 5) is 0.733. The van der Waals surface area contributed by atoms with E-state index in [2.05, 4.69) is 6.92 Å². The normalized spacial score (nSPS) is 20.6. The molecule has 1 aliphatic heterocycles. The first-order chi connectivity index (χ1) is 8.59. The molecule has 0 radical (unpaired) electrons. The SMILES string of the molecule is Cc1ccc(S(=O)OCC2(C)CCOCC2)cc1. The van der Waals surface area contributed by atoms with E-state index in [1.54, 1.807) is 0 Å². The average molecular weight is 268 g/mol. The summed E-state index contributed by atoms with van der Waals surface area (Å²) in [5, 5.41) is 0. The molecule has 3 nitrogen and oxygen atoms in total. The van der Waals surface area contributed by atoms with E-state index in [-0.39, 0.29) is 5.41 Å². The molecule has 1 unspecified atom stereocenters. The highest BCUT2D eigenvalue weighted by atomic mass is 32.2. The van der Waals surface area contributed by atoms with Crippen molar-refractivity contribution in [2.45, 2.75) is 31.6 Å². The van der Waals surface area contributed by atoms with E-state index >= 15 is 0 Å². The van der Waals surface area contributed by atoms with Crippen LogP contribution < -0.4 is 0 Å². The van der Waals surface area contributed by atoms with Crippen LogP contribution in [0.4, 0.5) is 0 Å². The highest BCUT2D eigenvalue weighted by molar-refractivity contribution is 7.80. The Balaban J connectivity index is 1.89. The molecule has 100 valence electrons. The molecule has 18 heavy (non-hydrogen) atoms. The fourth-order valence-electron chi connectivity index (χ4n) is 1.92. The second-order valence-corrected chi connectivity index (χ2v) is 6.41. The molecule has 0 N–H and O–H groups in total. The van der Waals surface area contributed by atoms with Crippen LogP contribution in [0.25, 0.3) is 0 Å². The second-order valence-electron chi connectivity index (χ2n) is 5.23. The van der Waals surface area contributed by atoms with Gasteiger partial charge >= 0.3 is 0 Å². The Bertz CT molecular complexity index is 408. The largest absolute Gasteiger partial charge is 0.381 e. The van der Waals surface area contributed by atoms with Crippen LogP contribution in [0.15, 0.2) is 29.2 Å². The molecule has 1 aromatic carbocycles. The lowest BCUT2D eigenvalue weighted by molar-refractivity contribution is 0.00277. The number of ether oxygens (including phenoxy) is 1. The standard InChI is InChI=1S/C14H20O3S/c1-12-3-5-13(6-4-12)18(15)17-11-14(2)7-9-16-10-8-14/h3-6H,7-11H2,1-2H3. The summed E-state index contributed by atoms with van der Waals surface area (Å²) in [5.74, 6) is 0. The molecule has 1 saturated heterocycles. The van der Waals surface area contributed by atoms with E-state index in [0.717, 1.165) is 36.5 Å². The second kappa shape index (κ2) is 5.95. The molecule has 1 aromatic rings. The summed E-state index contributed by atoms with van der Waals surface area (Å²) in [6, 6.07) is 7.62. The highest BCUT2D eigenvalue weighted by Crippen LogP contribution is 2.30. The first-order valence-corrected chi connectivity index (χ1v) is 7.36. The third kappa shape index (κ3) is 3.64. The molecule has 0 aromatic heterocycles. The zero-order valence-corrected chi connectivity index (χ0v) is 11.8. The molecular weight excluding hydrogens is 248 g/mol. The molecule has 1 atom stereocenters. The lowest BCUT2D eigenvalue weighted by atomic mass is 9.84. The van der Waals surface area contributed by atoms with Crippen molar-refractivity contribution >= 4 is 11.1 Å². The molecule has 0 aliphatic carbocycles. The minimum Gasteiger partial charge on any atom is -0.381 e. The van der Waals surface area contributed by atoms with Crippen molar-refractivity contribution in [2.24, 2.45) is 5.41 Å². The maximum Gasteiger partial charge on any atom is 0.189 e. The van der Waals surface area contributed by atoms with Crippen molar-refractivity contribution in [1.29, 1.82) is 0 Å². The van der Waals surface area contributed by atoms with Crippen molar-refractivity contribution in [2.75, 3.05) is 19.8 Å². The van der Waals surface area contributed by atoms with Crippen LogP contribution in [-0.2, 0) is 20.0 Å². The summed E-state index contributed by atoms with van der Waals surface area (Å²) in [7, 11) is 0. The Morgan fingerprint density at radius 3 is 2.50 bits per heavy atom. The Morgan fingerprint density at radius 2 is 1.89 bits per heavy atom. The molecule has 4 heteroatoms. The van der Waals surface area contributed by atoms with Gasteiger partial charge in [-0.2, -0.15) is 0 Å². The molecule has 0 spiro atoms. The third-order valence-corrected chi connectivity index (χ3v) is 4.42. The van der Waals surface area contributed by atoms with Gasteiger partial charge in [0, 0.05) is 13.2 Å². The van der Waals surface area contributed by atoms with Crippen molar-refractivity contribution in [3.63, 3.8) is 0 Å². The topological polar surface area (TPSA) is 35.5 Å². The number of aryl methyl sites for hydroxylation is 1. The molecule has 0 bridgehead atoms. The van der Waals surface area contributed by atoms with Gasteiger partial charge in [-0.3, -0.25) is 4.18 Å². The van der Waals surface area contributed by atoms with Gasteiger partial charge in [0.15, 0.2) is 11.1 Å². The number of benzene rings is 1. The first-order valence-electron chi connectivity index (χ1n) is 6.29. The van der Waals surface area contributed by atoms with Crippen molar-refractivity contribution in [3.8, 4) is 0 Å². The van der Waals surface area contributed by atoms with Crippen LogP contribution in [-0.4, -0.2) is 24.0 Å². The first kappa shape index (κ1) is 13.7. The lowest BCUT2D eigenvalue weighted by Gasteiger charge is -2.32. The molecule has 2 rings (SSSR count). The van der Waals surface area contributed by atoms with Crippen LogP contribution >= 0.6 is 0 Å². The monoisotopic (exact) mass is 268 g/mol. The lowest BCUT2D eigenvalue weighted by Crippen LogP contribution is -2.31. The van der Waals surface area contributed by atoms with Gasteiger partial charge in [-0.25, -0.2) is 4.21 Å². The molecule has 1 fully saturated rings. The Morgan fingerprint density at radius 1 is 1.28 bits per heavy atom. The summed E-state index contributed by atoms with van der Waals surface area (Å²) in [5.41, 5.74) is 1.26. The van der Waals surface area contributed by atoms with E-state index in [4.69, 9.17) is 8.92 Å². The van der Waals surface area contributed by atoms with Crippen LogP contribution in [0, 0.1) is 12.3 Å². The molecule has 0 amide bonds. The molecule has 0 saturated carbocycles. The summed E-state index contributed by atoms with van der Waals surface area (Å²) >= 11 is -1.36. The predicted octanol–water partition coefficient (Wildman–Crippen LogP) is 2.85. The van der Waals surface area contributed by atoms with Gasteiger partial charge in [-0.1, -0.05) is 24.6 Å². The Hall–Kier alpha value is -0.710. The summed E-state index contributed by atoms with van der Waals surface area (Å²) in [6.45, 7) is 6.25. The fourth-order valence-corrected chi connectivity index (χ4v) is 2.81. The van der Waals surface area contributed by atoms with Gasteiger partial charge in [0.1, 0.15) is 0 Å². The van der Waals surface area contributed by atoms with E-state index in [1.165, 1.54) is 0 Å². The maximum atomic E-state index is 12.0. The fraction of sp³-hybridized carbons (Fsp3) is 0.571. The smallest absolute Gasteiger partial charge is 0.189 e. The summed E-state index contributed by atoms with van der Waals surface area (Å²) < 4.78 is 22.9.